The standard InChI is InChI=1S/C21H25N3O/c1-2-17-8-5-6-13-24(17)21(25)19-15-18(10-12-22-19)23-14-11-16-7-3-4-9-20(16)23/h3-4,7,9-10,12,15,17H,2,5-6,8,11,13-14H2,1H3. The zero-order valence-corrected chi connectivity index (χ0v) is 14.8. The first kappa shape index (κ1) is 16.1. The second kappa shape index (κ2) is 6.87. The van der Waals surface area contributed by atoms with Crippen LogP contribution in [0.5, 0.6) is 0 Å². The zero-order valence-electron chi connectivity index (χ0n) is 14.8. The Morgan fingerprint density at radius 2 is 2.08 bits per heavy atom. The average molecular weight is 335 g/mol. The van der Waals surface area contributed by atoms with Crippen LogP contribution in [0.1, 0.15) is 48.7 Å². The third kappa shape index (κ3) is 3.01. The van der Waals surface area contributed by atoms with E-state index in [0.717, 1.165) is 44.5 Å². The maximum absolute atomic E-state index is 13.0. The van der Waals surface area contributed by atoms with Crippen molar-refractivity contribution in [2.75, 3.05) is 18.0 Å². The van der Waals surface area contributed by atoms with E-state index in [2.05, 4.69) is 41.1 Å². The number of likely N-dealkylation sites (tertiary alicyclic amines) is 1. The number of hydrogen-bond donors (Lipinski definition) is 0. The van der Waals surface area contributed by atoms with Crippen LogP contribution in [0.25, 0.3) is 0 Å². The molecule has 1 saturated heterocycles. The Kier molecular flexibility index (Phi) is 4.43. The second-order valence-corrected chi connectivity index (χ2v) is 6.99. The molecule has 0 aliphatic carbocycles. The number of pyridine rings is 1. The number of fused-ring (bicyclic) bond motifs is 1. The van der Waals surface area contributed by atoms with Gasteiger partial charge in [-0.2, -0.15) is 0 Å². The molecule has 0 bridgehead atoms. The summed E-state index contributed by atoms with van der Waals surface area (Å²) < 4.78 is 0. The molecule has 1 aromatic heterocycles. The maximum Gasteiger partial charge on any atom is 0.272 e. The van der Waals surface area contributed by atoms with E-state index in [1.54, 1.807) is 6.20 Å². The third-order valence-electron chi connectivity index (χ3n) is 5.52. The summed E-state index contributed by atoms with van der Waals surface area (Å²) in [6.45, 7) is 3.98. The summed E-state index contributed by atoms with van der Waals surface area (Å²) in [5, 5.41) is 0. The quantitative estimate of drug-likeness (QED) is 0.844. The molecule has 4 nitrogen and oxygen atoms in total. The highest BCUT2D eigenvalue weighted by Gasteiger charge is 2.28. The molecule has 4 heteroatoms. The Bertz CT molecular complexity index is 773. The normalized spacial score (nSPS) is 19.8. The van der Waals surface area contributed by atoms with Gasteiger partial charge >= 0.3 is 0 Å². The monoisotopic (exact) mass is 335 g/mol. The van der Waals surface area contributed by atoms with Gasteiger partial charge in [-0.25, -0.2) is 0 Å². The molecule has 0 saturated carbocycles. The molecule has 0 N–H and O–H groups in total. The van der Waals surface area contributed by atoms with E-state index in [4.69, 9.17) is 0 Å². The van der Waals surface area contributed by atoms with Gasteiger partial charge in [-0.15, -0.1) is 0 Å². The van der Waals surface area contributed by atoms with Crippen molar-refractivity contribution in [3.8, 4) is 0 Å². The third-order valence-corrected chi connectivity index (χ3v) is 5.52. The summed E-state index contributed by atoms with van der Waals surface area (Å²) in [7, 11) is 0. The number of benzene rings is 1. The van der Waals surface area contributed by atoms with Crippen molar-refractivity contribution in [2.24, 2.45) is 0 Å². The summed E-state index contributed by atoms with van der Waals surface area (Å²) in [6.07, 6.45) is 7.27. The van der Waals surface area contributed by atoms with Gasteiger partial charge < -0.3 is 9.80 Å². The molecular formula is C21H25N3O. The fourth-order valence-electron chi connectivity index (χ4n) is 4.15. The molecule has 4 rings (SSSR count). The Labute approximate surface area is 149 Å². The molecule has 1 fully saturated rings. The van der Waals surface area contributed by atoms with E-state index in [1.807, 2.05) is 17.0 Å². The van der Waals surface area contributed by atoms with Gasteiger partial charge in [-0.3, -0.25) is 9.78 Å². The van der Waals surface area contributed by atoms with Gasteiger partial charge in [0, 0.05) is 36.7 Å². The van der Waals surface area contributed by atoms with Gasteiger partial charge in [0.2, 0.25) is 0 Å². The van der Waals surface area contributed by atoms with Crippen LogP contribution in [0.2, 0.25) is 0 Å². The molecule has 1 aromatic carbocycles. The summed E-state index contributed by atoms with van der Waals surface area (Å²) in [6, 6.07) is 12.8. The highest BCUT2D eigenvalue weighted by Crippen LogP contribution is 2.34. The lowest BCUT2D eigenvalue weighted by Crippen LogP contribution is -2.43. The van der Waals surface area contributed by atoms with Gasteiger partial charge in [0.1, 0.15) is 5.69 Å². The van der Waals surface area contributed by atoms with Crippen LogP contribution in [0.4, 0.5) is 11.4 Å². The van der Waals surface area contributed by atoms with Crippen LogP contribution in [0, 0.1) is 0 Å². The molecule has 0 spiro atoms. The van der Waals surface area contributed by atoms with Crippen molar-refractivity contribution in [3.05, 3.63) is 53.9 Å². The van der Waals surface area contributed by atoms with Gasteiger partial charge in [0.05, 0.1) is 0 Å². The number of anilines is 2. The van der Waals surface area contributed by atoms with Gasteiger partial charge in [-0.05, 0) is 55.9 Å². The summed E-state index contributed by atoms with van der Waals surface area (Å²) in [5.41, 5.74) is 4.25. The van der Waals surface area contributed by atoms with Gasteiger partial charge in [0.15, 0.2) is 0 Å². The molecule has 2 aliphatic heterocycles. The Hall–Kier alpha value is -2.36. The predicted octanol–water partition coefficient (Wildman–Crippen LogP) is 4.18. The average Bonchev–Trinajstić information content (AvgIpc) is 3.11. The molecule has 130 valence electrons. The van der Waals surface area contributed by atoms with Gasteiger partial charge in [-0.1, -0.05) is 25.1 Å². The molecule has 1 atom stereocenters. The van der Waals surface area contributed by atoms with Crippen LogP contribution in [-0.2, 0) is 6.42 Å². The molecule has 2 aliphatic rings. The molecule has 25 heavy (non-hydrogen) atoms. The first-order valence-corrected chi connectivity index (χ1v) is 9.40. The van der Waals surface area contributed by atoms with Crippen LogP contribution in [-0.4, -0.2) is 34.9 Å². The zero-order chi connectivity index (χ0) is 17.2. The highest BCUT2D eigenvalue weighted by molar-refractivity contribution is 5.93. The van der Waals surface area contributed by atoms with Crippen molar-refractivity contribution in [3.63, 3.8) is 0 Å². The number of rotatable bonds is 3. The lowest BCUT2D eigenvalue weighted by Gasteiger charge is -2.35. The number of hydrogen-bond acceptors (Lipinski definition) is 3. The van der Waals surface area contributed by atoms with Crippen LogP contribution in [0.15, 0.2) is 42.6 Å². The fraction of sp³-hybridized carbons (Fsp3) is 0.429. The van der Waals surface area contributed by atoms with Crippen LogP contribution in [0.3, 0.4) is 0 Å². The van der Waals surface area contributed by atoms with E-state index >= 15 is 0 Å². The van der Waals surface area contributed by atoms with Crippen LogP contribution >= 0.6 is 0 Å². The lowest BCUT2D eigenvalue weighted by atomic mass is 9.99. The maximum atomic E-state index is 13.0. The van der Waals surface area contributed by atoms with E-state index in [-0.39, 0.29) is 5.91 Å². The summed E-state index contributed by atoms with van der Waals surface area (Å²) >= 11 is 0. The first-order valence-electron chi connectivity index (χ1n) is 9.40. The first-order chi connectivity index (χ1) is 12.3. The van der Waals surface area contributed by atoms with E-state index in [1.165, 1.54) is 17.7 Å². The predicted molar refractivity (Wildman–Crippen MR) is 100 cm³/mol. The molecule has 1 amide bonds. The minimum Gasteiger partial charge on any atom is -0.341 e. The number of nitrogens with zero attached hydrogens (tertiary/aromatic N) is 3. The number of para-hydroxylation sites is 1. The Morgan fingerprint density at radius 3 is 2.96 bits per heavy atom. The Morgan fingerprint density at radius 1 is 1.20 bits per heavy atom. The van der Waals surface area contributed by atoms with Crippen molar-refractivity contribution in [2.45, 2.75) is 45.1 Å². The minimum absolute atomic E-state index is 0.0842. The van der Waals surface area contributed by atoms with Crippen LogP contribution < -0.4 is 4.90 Å². The second-order valence-electron chi connectivity index (χ2n) is 6.99. The molecule has 3 heterocycles. The topological polar surface area (TPSA) is 36.4 Å². The van der Waals surface area contributed by atoms with Gasteiger partial charge in [0.25, 0.3) is 5.91 Å². The van der Waals surface area contributed by atoms with E-state index < -0.39 is 0 Å². The lowest BCUT2D eigenvalue weighted by molar-refractivity contribution is 0.0602. The number of piperidine rings is 1. The Balaban J connectivity index is 1.61. The SMILES string of the molecule is CCC1CCCCN1C(=O)c1cc(N2CCc3ccccc32)ccn1. The molecule has 0 radical (unpaired) electrons. The largest absolute Gasteiger partial charge is 0.341 e. The van der Waals surface area contributed by atoms with Crippen molar-refractivity contribution in [1.29, 1.82) is 0 Å². The molecule has 2 aromatic rings. The van der Waals surface area contributed by atoms with Crippen molar-refractivity contribution < 1.29 is 4.79 Å². The number of carbonyl (C=O) groups is 1. The summed E-state index contributed by atoms with van der Waals surface area (Å²) in [4.78, 5) is 21.7. The van der Waals surface area contributed by atoms with E-state index in [0.29, 0.717) is 11.7 Å². The number of amides is 1. The minimum atomic E-state index is 0.0842. The van der Waals surface area contributed by atoms with E-state index in [9.17, 15) is 4.79 Å². The summed E-state index contributed by atoms with van der Waals surface area (Å²) in [5.74, 6) is 0.0842. The molecular weight excluding hydrogens is 310 g/mol. The smallest absolute Gasteiger partial charge is 0.272 e. The van der Waals surface area contributed by atoms with Crippen molar-refractivity contribution >= 4 is 17.3 Å². The fourth-order valence-corrected chi connectivity index (χ4v) is 4.15. The molecule has 1 unspecified atom stereocenters. The number of aromatic nitrogens is 1. The van der Waals surface area contributed by atoms with Crippen molar-refractivity contribution in [1.82, 2.24) is 9.88 Å². The highest BCUT2D eigenvalue weighted by atomic mass is 16.2. The number of carbonyl (C=O) groups excluding carboxylic acids is 1.